The lowest BCUT2D eigenvalue weighted by molar-refractivity contribution is 1.13. The van der Waals surface area contributed by atoms with E-state index in [0.717, 1.165) is 77.2 Å². The van der Waals surface area contributed by atoms with Gasteiger partial charge >= 0.3 is 0 Å². The molecule has 10 aromatic rings. The van der Waals surface area contributed by atoms with Crippen LogP contribution in [0.3, 0.4) is 0 Å². The SMILES string of the molecule is Cc1cc(C)c(-c2ccc3c4ccccc4n(-c4cc(C#N)cc(-n5c6ccccc6c6ccc(-c7c(C)cc(C)cc7C)cc65)c4-c4cccc(C#N)c4)c3c2)c(C)c1. The summed E-state index contributed by atoms with van der Waals surface area (Å²) in [5, 5.41) is 25.7. The number of rotatable bonds is 5. The van der Waals surface area contributed by atoms with Gasteiger partial charge in [0.2, 0.25) is 0 Å². The zero-order valence-electron chi connectivity index (χ0n) is 34.6. The van der Waals surface area contributed by atoms with Gasteiger partial charge in [-0.25, -0.2) is 0 Å². The van der Waals surface area contributed by atoms with E-state index in [1.54, 1.807) is 0 Å². The molecule has 2 heterocycles. The molecule has 0 aliphatic rings. The average molecular weight is 771 g/mol. The highest BCUT2D eigenvalue weighted by atomic mass is 15.0. The zero-order valence-corrected chi connectivity index (χ0v) is 34.6. The maximum Gasteiger partial charge on any atom is 0.0993 e. The van der Waals surface area contributed by atoms with Crippen molar-refractivity contribution < 1.29 is 0 Å². The monoisotopic (exact) mass is 770 g/mol. The van der Waals surface area contributed by atoms with Crippen molar-refractivity contribution >= 4 is 43.6 Å². The molecule has 4 heteroatoms. The molecule has 0 bridgehead atoms. The molecule has 0 atom stereocenters. The van der Waals surface area contributed by atoms with Crippen LogP contribution >= 0.6 is 0 Å². The lowest BCUT2D eigenvalue weighted by atomic mass is 9.93. The van der Waals surface area contributed by atoms with E-state index in [-0.39, 0.29) is 0 Å². The molecule has 0 saturated carbocycles. The van der Waals surface area contributed by atoms with Crippen LogP contribution in [0.4, 0.5) is 0 Å². The maximum atomic E-state index is 10.9. The fourth-order valence-electron chi connectivity index (χ4n) is 10.1. The van der Waals surface area contributed by atoms with Gasteiger partial charge in [0.25, 0.3) is 0 Å². The predicted octanol–water partition coefficient (Wildman–Crippen LogP) is 14.5. The van der Waals surface area contributed by atoms with Crippen molar-refractivity contribution in [2.45, 2.75) is 41.5 Å². The van der Waals surface area contributed by atoms with Gasteiger partial charge in [0.05, 0.1) is 56.7 Å². The topological polar surface area (TPSA) is 57.4 Å². The minimum atomic E-state index is 0.541. The summed E-state index contributed by atoms with van der Waals surface area (Å²) >= 11 is 0. The van der Waals surface area contributed by atoms with E-state index in [1.165, 1.54) is 44.5 Å². The number of fused-ring (bicyclic) bond motifs is 6. The third-order valence-electron chi connectivity index (χ3n) is 12.3. The van der Waals surface area contributed by atoms with E-state index in [0.29, 0.717) is 11.1 Å². The molecule has 8 aromatic carbocycles. The summed E-state index contributed by atoms with van der Waals surface area (Å²) in [5.74, 6) is 0. The van der Waals surface area contributed by atoms with Crippen LogP contribution < -0.4 is 0 Å². The molecule has 0 radical (unpaired) electrons. The first-order valence-corrected chi connectivity index (χ1v) is 20.5. The van der Waals surface area contributed by atoms with E-state index in [9.17, 15) is 10.5 Å². The highest BCUT2D eigenvalue weighted by Crippen LogP contribution is 2.45. The summed E-state index contributed by atoms with van der Waals surface area (Å²) < 4.78 is 4.67. The van der Waals surface area contributed by atoms with Gasteiger partial charge in [-0.2, -0.15) is 10.5 Å². The van der Waals surface area contributed by atoms with Crippen LogP contribution in [0, 0.1) is 64.2 Å². The Hall–Kier alpha value is -7.66. The third-order valence-corrected chi connectivity index (χ3v) is 12.3. The molecule has 0 amide bonds. The summed E-state index contributed by atoms with van der Waals surface area (Å²) in [6.45, 7) is 13.1. The molecule has 10 rings (SSSR count). The Morgan fingerprint density at radius 2 is 0.767 bits per heavy atom. The Labute approximate surface area is 350 Å². The molecule has 286 valence electrons. The van der Waals surface area contributed by atoms with Gasteiger partial charge in [-0.05, 0) is 140 Å². The van der Waals surface area contributed by atoms with Gasteiger partial charge in [-0.3, -0.25) is 0 Å². The molecule has 0 spiro atoms. The number of hydrogen-bond acceptors (Lipinski definition) is 2. The van der Waals surface area contributed by atoms with Crippen LogP contribution in [0.2, 0.25) is 0 Å². The summed E-state index contributed by atoms with van der Waals surface area (Å²) in [6, 6.07) is 56.6. The molecule has 0 saturated heterocycles. The van der Waals surface area contributed by atoms with Crippen molar-refractivity contribution in [3.05, 3.63) is 190 Å². The Kier molecular flexibility index (Phi) is 8.57. The van der Waals surface area contributed by atoms with E-state index in [1.807, 2.05) is 30.3 Å². The largest absolute Gasteiger partial charge is 0.308 e. The molecule has 2 aromatic heterocycles. The van der Waals surface area contributed by atoms with Crippen molar-refractivity contribution in [2.24, 2.45) is 0 Å². The number of benzene rings is 8. The Morgan fingerprint density at radius 1 is 0.350 bits per heavy atom. The first-order chi connectivity index (χ1) is 29.1. The van der Waals surface area contributed by atoms with Crippen molar-refractivity contribution in [3.63, 3.8) is 0 Å². The molecule has 0 unspecified atom stereocenters. The van der Waals surface area contributed by atoms with Gasteiger partial charge in [0, 0.05) is 27.1 Å². The molecule has 60 heavy (non-hydrogen) atoms. The van der Waals surface area contributed by atoms with Gasteiger partial charge in [-0.1, -0.05) is 108 Å². The van der Waals surface area contributed by atoms with Gasteiger partial charge in [0.15, 0.2) is 0 Å². The molecular weight excluding hydrogens is 729 g/mol. The molecule has 0 aliphatic carbocycles. The smallest absolute Gasteiger partial charge is 0.0993 e. The molecular formula is C56H42N4. The Bertz CT molecular complexity index is 3280. The van der Waals surface area contributed by atoms with E-state index in [2.05, 4.69) is 178 Å². The third kappa shape index (κ3) is 5.72. The second-order valence-corrected chi connectivity index (χ2v) is 16.4. The van der Waals surface area contributed by atoms with E-state index >= 15 is 0 Å². The van der Waals surface area contributed by atoms with Crippen molar-refractivity contribution in [2.75, 3.05) is 0 Å². The first-order valence-electron chi connectivity index (χ1n) is 20.5. The molecule has 0 fully saturated rings. The minimum Gasteiger partial charge on any atom is -0.308 e. The highest BCUT2D eigenvalue weighted by molar-refractivity contribution is 6.13. The van der Waals surface area contributed by atoms with Gasteiger partial charge < -0.3 is 9.13 Å². The lowest BCUT2D eigenvalue weighted by Gasteiger charge is -2.21. The van der Waals surface area contributed by atoms with Crippen LogP contribution in [0.25, 0.3) is 88.4 Å². The molecule has 4 nitrogen and oxygen atoms in total. The number of para-hydroxylation sites is 2. The second-order valence-electron chi connectivity index (χ2n) is 16.4. The highest BCUT2D eigenvalue weighted by Gasteiger charge is 2.24. The predicted molar refractivity (Wildman–Crippen MR) is 249 cm³/mol. The number of nitrogens with zero attached hydrogens (tertiary/aromatic N) is 4. The fourth-order valence-corrected chi connectivity index (χ4v) is 10.1. The van der Waals surface area contributed by atoms with Crippen LogP contribution in [0.1, 0.15) is 44.5 Å². The normalized spacial score (nSPS) is 11.5. The Morgan fingerprint density at radius 3 is 1.22 bits per heavy atom. The summed E-state index contributed by atoms with van der Waals surface area (Å²) in [4.78, 5) is 0. The second kappa shape index (κ2) is 14.0. The van der Waals surface area contributed by atoms with Crippen LogP contribution in [-0.4, -0.2) is 9.13 Å². The summed E-state index contributed by atoms with van der Waals surface area (Å²) in [5.41, 5.74) is 21.0. The average Bonchev–Trinajstić information content (AvgIpc) is 3.74. The van der Waals surface area contributed by atoms with Gasteiger partial charge in [0.1, 0.15) is 0 Å². The fraction of sp³-hybridized carbons (Fsp3) is 0.107. The lowest BCUT2D eigenvalue weighted by Crippen LogP contribution is -2.05. The van der Waals surface area contributed by atoms with Crippen molar-refractivity contribution in [3.8, 4) is 56.9 Å². The summed E-state index contributed by atoms with van der Waals surface area (Å²) in [6.07, 6.45) is 0. The standard InChI is InChI=1S/C56H42N4/c1-33-22-35(3)54(36(4)23-33)42-18-20-46-44-14-7-9-16-48(44)59(50(46)29-42)52-27-40(32-58)28-53(56(52)41-13-11-12-39(26-41)31-57)60-49-17-10-8-15-45(49)47-21-19-43(30-51(47)60)55-37(5)24-34(2)25-38(55)6/h7-30H,1-6H3. The molecule has 0 aliphatic heterocycles. The van der Waals surface area contributed by atoms with Crippen molar-refractivity contribution in [1.82, 2.24) is 9.13 Å². The minimum absolute atomic E-state index is 0.541. The van der Waals surface area contributed by atoms with Crippen molar-refractivity contribution in [1.29, 1.82) is 10.5 Å². The van der Waals surface area contributed by atoms with E-state index < -0.39 is 0 Å². The summed E-state index contributed by atoms with van der Waals surface area (Å²) in [7, 11) is 0. The van der Waals surface area contributed by atoms with E-state index in [4.69, 9.17) is 0 Å². The van der Waals surface area contributed by atoms with Gasteiger partial charge in [-0.15, -0.1) is 0 Å². The Balaban J connectivity index is 1.37. The maximum absolute atomic E-state index is 10.9. The number of aryl methyl sites for hydroxylation is 6. The quantitative estimate of drug-likeness (QED) is 0.175. The zero-order chi connectivity index (χ0) is 41.4. The van der Waals surface area contributed by atoms with Crippen LogP contribution in [0.5, 0.6) is 0 Å². The number of nitriles is 2. The number of aromatic nitrogens is 2. The van der Waals surface area contributed by atoms with Crippen LogP contribution in [0.15, 0.2) is 146 Å². The first kappa shape index (κ1) is 36.7. The van der Waals surface area contributed by atoms with Crippen LogP contribution in [-0.2, 0) is 0 Å². The number of hydrogen-bond donors (Lipinski definition) is 0. The molecule has 0 N–H and O–H groups in total.